The quantitative estimate of drug-likeness (QED) is 0.484. The Balaban J connectivity index is 0.000000180. The fourth-order valence-electron chi connectivity index (χ4n) is 0.346. The standard InChI is InChI=1S/C4H7NO.CH2O3/c6-3-5-4-1-2-4;2-1(3)4/h3-4H,1-2H2,(H,5,6);(H2,2,3,4). The molecule has 10 heavy (non-hydrogen) atoms. The van der Waals surface area contributed by atoms with Gasteiger partial charge in [0.05, 0.1) is 0 Å². The topological polar surface area (TPSA) is 86.6 Å². The Morgan fingerprint density at radius 1 is 1.50 bits per heavy atom. The minimum absolute atomic E-state index is 0.530. The predicted molar refractivity (Wildman–Crippen MR) is 32.9 cm³/mol. The summed E-state index contributed by atoms with van der Waals surface area (Å²) in [6, 6.07) is 0.530. The lowest BCUT2D eigenvalue weighted by Crippen LogP contribution is -2.11. The second kappa shape index (κ2) is 4.60. The van der Waals surface area contributed by atoms with Crippen molar-refractivity contribution in [2.24, 2.45) is 0 Å². The van der Waals surface area contributed by atoms with Crippen molar-refractivity contribution in [3.05, 3.63) is 0 Å². The molecule has 5 heteroatoms. The lowest BCUT2D eigenvalue weighted by atomic mass is 10.7. The maximum atomic E-state index is 9.54. The van der Waals surface area contributed by atoms with Gasteiger partial charge in [-0.2, -0.15) is 0 Å². The lowest BCUT2D eigenvalue weighted by molar-refractivity contribution is -0.109. The smallest absolute Gasteiger partial charge is 0.450 e. The molecule has 1 saturated carbocycles. The summed E-state index contributed by atoms with van der Waals surface area (Å²) in [5.74, 6) is 0. The average molecular weight is 147 g/mol. The molecule has 0 aromatic rings. The van der Waals surface area contributed by atoms with Gasteiger partial charge in [-0.05, 0) is 12.8 Å². The molecular formula is C5H9NO4. The molecule has 1 rings (SSSR count). The number of rotatable bonds is 2. The van der Waals surface area contributed by atoms with E-state index in [1.807, 2.05) is 0 Å². The number of carbonyl (C=O) groups is 2. The summed E-state index contributed by atoms with van der Waals surface area (Å²) in [7, 11) is 0. The van der Waals surface area contributed by atoms with Crippen LogP contribution in [0.15, 0.2) is 0 Å². The normalized spacial score (nSPS) is 14.4. The summed E-state index contributed by atoms with van der Waals surface area (Å²) in [5.41, 5.74) is 0. The van der Waals surface area contributed by atoms with Crippen molar-refractivity contribution in [2.75, 3.05) is 0 Å². The summed E-state index contributed by atoms with van der Waals surface area (Å²) in [6.07, 6.45) is 1.29. The van der Waals surface area contributed by atoms with Crippen LogP contribution >= 0.6 is 0 Å². The molecule has 0 unspecified atom stereocenters. The van der Waals surface area contributed by atoms with Crippen molar-refractivity contribution < 1.29 is 19.8 Å². The largest absolute Gasteiger partial charge is 0.503 e. The highest BCUT2D eigenvalue weighted by molar-refractivity contribution is 5.53. The Kier molecular flexibility index (Phi) is 4.02. The molecule has 0 radical (unpaired) electrons. The average Bonchev–Trinajstić information content (AvgIpc) is 2.48. The molecular weight excluding hydrogens is 138 g/mol. The zero-order valence-electron chi connectivity index (χ0n) is 5.28. The van der Waals surface area contributed by atoms with Gasteiger partial charge in [0.25, 0.3) is 0 Å². The van der Waals surface area contributed by atoms with E-state index in [0.717, 1.165) is 6.41 Å². The summed E-state index contributed by atoms with van der Waals surface area (Å²) in [4.78, 5) is 18.1. The van der Waals surface area contributed by atoms with Crippen molar-refractivity contribution >= 4 is 12.6 Å². The van der Waals surface area contributed by atoms with Crippen LogP contribution in [0.2, 0.25) is 0 Å². The van der Waals surface area contributed by atoms with Gasteiger partial charge in [0.15, 0.2) is 0 Å². The predicted octanol–water partition coefficient (Wildman–Crippen LogP) is 0.117. The second-order valence-electron chi connectivity index (χ2n) is 1.84. The van der Waals surface area contributed by atoms with Crippen LogP contribution < -0.4 is 5.32 Å². The summed E-state index contributed by atoms with van der Waals surface area (Å²) in [6.45, 7) is 0. The van der Waals surface area contributed by atoms with Gasteiger partial charge in [0, 0.05) is 6.04 Å². The first-order valence-electron chi connectivity index (χ1n) is 2.78. The molecule has 0 spiro atoms. The van der Waals surface area contributed by atoms with E-state index in [-0.39, 0.29) is 0 Å². The van der Waals surface area contributed by atoms with E-state index < -0.39 is 6.16 Å². The van der Waals surface area contributed by atoms with Gasteiger partial charge < -0.3 is 15.5 Å². The number of hydrogen-bond donors (Lipinski definition) is 3. The molecule has 0 bridgehead atoms. The van der Waals surface area contributed by atoms with Crippen LogP contribution in [0.3, 0.4) is 0 Å². The highest BCUT2D eigenvalue weighted by atomic mass is 16.6. The molecule has 58 valence electrons. The number of carbonyl (C=O) groups excluding carboxylic acids is 1. The molecule has 0 atom stereocenters. The van der Waals surface area contributed by atoms with Crippen LogP contribution in [0.25, 0.3) is 0 Å². The molecule has 1 aliphatic carbocycles. The van der Waals surface area contributed by atoms with Crippen molar-refractivity contribution in [1.82, 2.24) is 5.32 Å². The van der Waals surface area contributed by atoms with Gasteiger partial charge in [0.2, 0.25) is 6.41 Å². The summed E-state index contributed by atoms with van der Waals surface area (Å²) >= 11 is 0. The fourth-order valence-corrected chi connectivity index (χ4v) is 0.346. The maximum absolute atomic E-state index is 9.54. The first-order valence-corrected chi connectivity index (χ1v) is 2.78. The molecule has 0 saturated heterocycles. The first kappa shape index (κ1) is 8.74. The molecule has 5 nitrogen and oxygen atoms in total. The van der Waals surface area contributed by atoms with Crippen LogP contribution in [-0.4, -0.2) is 28.8 Å². The third kappa shape index (κ3) is 9.88. The molecule has 1 fully saturated rings. The Morgan fingerprint density at radius 3 is 2.00 bits per heavy atom. The molecule has 0 aromatic heterocycles. The van der Waals surface area contributed by atoms with Crippen LogP contribution in [0.4, 0.5) is 4.79 Å². The minimum Gasteiger partial charge on any atom is -0.450 e. The Morgan fingerprint density at radius 2 is 1.90 bits per heavy atom. The van der Waals surface area contributed by atoms with E-state index in [4.69, 9.17) is 15.0 Å². The van der Waals surface area contributed by atoms with E-state index in [1.165, 1.54) is 12.8 Å². The zero-order chi connectivity index (χ0) is 7.98. The monoisotopic (exact) mass is 147 g/mol. The fraction of sp³-hybridized carbons (Fsp3) is 0.600. The van der Waals surface area contributed by atoms with E-state index >= 15 is 0 Å². The second-order valence-corrected chi connectivity index (χ2v) is 1.84. The van der Waals surface area contributed by atoms with E-state index in [0.29, 0.717) is 6.04 Å². The van der Waals surface area contributed by atoms with Crippen LogP contribution in [0, 0.1) is 0 Å². The third-order valence-corrected chi connectivity index (χ3v) is 0.881. The van der Waals surface area contributed by atoms with Crippen molar-refractivity contribution in [1.29, 1.82) is 0 Å². The van der Waals surface area contributed by atoms with Crippen LogP contribution in [-0.2, 0) is 4.79 Å². The SMILES string of the molecule is O=C(O)O.O=CNC1CC1. The first-order chi connectivity index (χ1) is 4.66. The van der Waals surface area contributed by atoms with Crippen LogP contribution in [0.5, 0.6) is 0 Å². The van der Waals surface area contributed by atoms with E-state index in [9.17, 15) is 4.79 Å². The van der Waals surface area contributed by atoms with Gasteiger partial charge in [-0.15, -0.1) is 0 Å². The number of amides is 1. The van der Waals surface area contributed by atoms with Crippen LogP contribution in [0.1, 0.15) is 12.8 Å². The highest BCUT2D eigenvalue weighted by Crippen LogP contribution is 2.17. The maximum Gasteiger partial charge on any atom is 0.503 e. The van der Waals surface area contributed by atoms with Gasteiger partial charge in [-0.1, -0.05) is 0 Å². The van der Waals surface area contributed by atoms with Gasteiger partial charge in [-0.3, -0.25) is 4.79 Å². The number of nitrogens with one attached hydrogen (secondary N) is 1. The minimum atomic E-state index is -1.83. The third-order valence-electron chi connectivity index (χ3n) is 0.881. The molecule has 0 aromatic carbocycles. The van der Waals surface area contributed by atoms with Crippen molar-refractivity contribution in [3.8, 4) is 0 Å². The molecule has 0 heterocycles. The van der Waals surface area contributed by atoms with Gasteiger partial charge >= 0.3 is 6.16 Å². The number of hydrogen-bond acceptors (Lipinski definition) is 2. The Bertz CT molecular complexity index is 117. The Hall–Kier alpha value is -1.26. The van der Waals surface area contributed by atoms with Crippen molar-refractivity contribution in [3.63, 3.8) is 0 Å². The summed E-state index contributed by atoms with van der Waals surface area (Å²) in [5, 5.41) is 16.6. The summed E-state index contributed by atoms with van der Waals surface area (Å²) < 4.78 is 0. The van der Waals surface area contributed by atoms with Gasteiger partial charge in [0.1, 0.15) is 0 Å². The lowest BCUT2D eigenvalue weighted by Gasteiger charge is -1.82. The molecule has 1 amide bonds. The highest BCUT2D eigenvalue weighted by Gasteiger charge is 2.18. The molecule has 1 aliphatic rings. The van der Waals surface area contributed by atoms with Crippen molar-refractivity contribution in [2.45, 2.75) is 18.9 Å². The molecule has 3 N–H and O–H groups in total. The zero-order valence-corrected chi connectivity index (χ0v) is 5.28. The molecule has 0 aliphatic heterocycles. The van der Waals surface area contributed by atoms with Gasteiger partial charge in [-0.25, -0.2) is 4.79 Å². The van der Waals surface area contributed by atoms with E-state index in [2.05, 4.69) is 5.32 Å². The van der Waals surface area contributed by atoms with E-state index in [1.54, 1.807) is 0 Å². The number of carboxylic acid groups (broad SMARTS) is 2. The Labute approximate surface area is 57.7 Å².